The van der Waals surface area contributed by atoms with Crippen LogP contribution in [0.25, 0.3) is 0 Å². The predicted molar refractivity (Wildman–Crippen MR) is 54.8 cm³/mol. The van der Waals surface area contributed by atoms with Gasteiger partial charge in [-0.05, 0) is 0 Å². The number of hydrogen-bond acceptors (Lipinski definition) is 3. The van der Waals surface area contributed by atoms with Crippen LogP contribution in [0, 0.1) is 0 Å². The van der Waals surface area contributed by atoms with Gasteiger partial charge in [-0.15, -0.1) is 0 Å². The molecule has 0 atom stereocenters. The first kappa shape index (κ1) is 10.6. The second-order valence-electron chi connectivity index (χ2n) is 4.35. The summed E-state index contributed by atoms with van der Waals surface area (Å²) < 4.78 is 1.47. The fourth-order valence-corrected chi connectivity index (χ4v) is 1.30. The molecule has 0 bridgehead atoms. The predicted octanol–water partition coefficient (Wildman–Crippen LogP) is 0.399. The van der Waals surface area contributed by atoms with Crippen LogP contribution in [-0.2, 0) is 12.5 Å². The SMILES string of the molecule is Cn1nc(C(C)(C)C)c(C(N)=O)c1N. The van der Waals surface area contributed by atoms with E-state index in [1.165, 1.54) is 4.68 Å². The molecule has 4 N–H and O–H groups in total. The lowest BCUT2D eigenvalue weighted by Gasteiger charge is -2.16. The molecule has 0 aromatic carbocycles. The maximum absolute atomic E-state index is 11.2. The molecule has 1 rings (SSSR count). The van der Waals surface area contributed by atoms with Crippen LogP contribution >= 0.6 is 0 Å². The Morgan fingerprint density at radius 3 is 2.21 bits per heavy atom. The lowest BCUT2D eigenvalue weighted by molar-refractivity contribution is 0.0999. The van der Waals surface area contributed by atoms with Crippen LogP contribution in [0.15, 0.2) is 0 Å². The van der Waals surface area contributed by atoms with Gasteiger partial charge in [0.2, 0.25) is 0 Å². The quantitative estimate of drug-likeness (QED) is 0.681. The minimum atomic E-state index is -0.527. The van der Waals surface area contributed by atoms with Crippen molar-refractivity contribution >= 4 is 11.7 Å². The normalized spacial score (nSPS) is 11.7. The molecule has 0 spiro atoms. The van der Waals surface area contributed by atoms with E-state index in [0.29, 0.717) is 17.1 Å². The first-order valence-electron chi connectivity index (χ1n) is 4.38. The van der Waals surface area contributed by atoms with Crippen molar-refractivity contribution in [2.45, 2.75) is 26.2 Å². The summed E-state index contributed by atoms with van der Waals surface area (Å²) in [5, 5.41) is 4.19. The number of nitrogens with zero attached hydrogens (tertiary/aromatic N) is 2. The van der Waals surface area contributed by atoms with Gasteiger partial charge < -0.3 is 11.5 Å². The van der Waals surface area contributed by atoms with Crippen molar-refractivity contribution in [1.82, 2.24) is 9.78 Å². The van der Waals surface area contributed by atoms with Gasteiger partial charge in [0.15, 0.2) is 0 Å². The molecule has 5 heteroatoms. The highest BCUT2D eigenvalue weighted by Gasteiger charge is 2.27. The Kier molecular flexibility index (Phi) is 2.27. The van der Waals surface area contributed by atoms with Gasteiger partial charge >= 0.3 is 0 Å². The minimum absolute atomic E-state index is 0.236. The number of rotatable bonds is 1. The fourth-order valence-electron chi connectivity index (χ4n) is 1.30. The molecular formula is C9H16N4O. The van der Waals surface area contributed by atoms with Crippen molar-refractivity contribution in [2.75, 3.05) is 5.73 Å². The van der Waals surface area contributed by atoms with E-state index in [9.17, 15) is 4.79 Å². The third-order valence-electron chi connectivity index (χ3n) is 2.05. The zero-order valence-electron chi connectivity index (χ0n) is 8.96. The van der Waals surface area contributed by atoms with Crippen molar-refractivity contribution in [1.29, 1.82) is 0 Å². The number of aromatic nitrogens is 2. The van der Waals surface area contributed by atoms with Crippen LogP contribution in [0.2, 0.25) is 0 Å². The summed E-state index contributed by atoms with van der Waals surface area (Å²) in [5.41, 5.74) is 11.7. The summed E-state index contributed by atoms with van der Waals surface area (Å²) >= 11 is 0. The molecule has 0 unspecified atom stereocenters. The molecule has 0 aliphatic rings. The second-order valence-corrected chi connectivity index (χ2v) is 4.35. The van der Waals surface area contributed by atoms with Crippen molar-refractivity contribution in [3.05, 3.63) is 11.3 Å². The molecule has 0 aliphatic carbocycles. The highest BCUT2D eigenvalue weighted by molar-refractivity contribution is 5.98. The van der Waals surface area contributed by atoms with E-state index in [2.05, 4.69) is 5.10 Å². The molecule has 1 heterocycles. The summed E-state index contributed by atoms with van der Waals surface area (Å²) in [6.45, 7) is 5.88. The average Bonchev–Trinajstić information content (AvgIpc) is 2.27. The van der Waals surface area contributed by atoms with Crippen LogP contribution < -0.4 is 11.5 Å². The Bertz CT molecular complexity index is 373. The summed E-state index contributed by atoms with van der Waals surface area (Å²) in [6, 6.07) is 0. The Hall–Kier alpha value is -1.52. The van der Waals surface area contributed by atoms with Crippen LogP contribution in [0.3, 0.4) is 0 Å². The maximum atomic E-state index is 11.2. The second kappa shape index (κ2) is 3.01. The standard InChI is InChI=1S/C9H16N4O/c1-9(2,3)6-5(8(11)14)7(10)13(4)12-6/h10H2,1-4H3,(H2,11,14). The third kappa shape index (κ3) is 1.57. The van der Waals surface area contributed by atoms with E-state index >= 15 is 0 Å². The maximum Gasteiger partial charge on any atom is 0.254 e. The summed E-state index contributed by atoms with van der Waals surface area (Å²) in [5.74, 6) is -0.206. The van der Waals surface area contributed by atoms with E-state index in [0.717, 1.165) is 0 Å². The number of anilines is 1. The largest absolute Gasteiger partial charge is 0.383 e. The lowest BCUT2D eigenvalue weighted by atomic mass is 9.89. The third-order valence-corrected chi connectivity index (χ3v) is 2.05. The van der Waals surface area contributed by atoms with Crippen molar-refractivity contribution < 1.29 is 4.79 Å². The Balaban J connectivity index is 3.45. The minimum Gasteiger partial charge on any atom is -0.383 e. The highest BCUT2D eigenvalue weighted by Crippen LogP contribution is 2.27. The van der Waals surface area contributed by atoms with Crippen LogP contribution in [0.5, 0.6) is 0 Å². The van der Waals surface area contributed by atoms with E-state index in [-0.39, 0.29) is 5.41 Å². The smallest absolute Gasteiger partial charge is 0.254 e. The number of nitrogen functional groups attached to an aromatic ring is 1. The lowest BCUT2D eigenvalue weighted by Crippen LogP contribution is -2.21. The monoisotopic (exact) mass is 196 g/mol. The first-order chi connectivity index (χ1) is 6.25. The van der Waals surface area contributed by atoms with Gasteiger partial charge in [0.1, 0.15) is 11.4 Å². The molecule has 0 saturated heterocycles. The van der Waals surface area contributed by atoms with Crippen molar-refractivity contribution in [3.8, 4) is 0 Å². The van der Waals surface area contributed by atoms with E-state index in [1.54, 1.807) is 7.05 Å². The molecular weight excluding hydrogens is 180 g/mol. The molecule has 5 nitrogen and oxygen atoms in total. The number of aryl methyl sites for hydroxylation is 1. The molecule has 1 aromatic rings. The number of primary amides is 1. The average molecular weight is 196 g/mol. The van der Waals surface area contributed by atoms with Crippen LogP contribution in [0.1, 0.15) is 36.8 Å². The Labute approximate surface area is 83.1 Å². The zero-order chi connectivity index (χ0) is 11.1. The molecule has 0 fully saturated rings. The van der Waals surface area contributed by atoms with Crippen molar-refractivity contribution in [3.63, 3.8) is 0 Å². The summed E-state index contributed by atoms with van der Waals surface area (Å²) in [7, 11) is 1.69. The first-order valence-corrected chi connectivity index (χ1v) is 4.38. The van der Waals surface area contributed by atoms with Crippen LogP contribution in [-0.4, -0.2) is 15.7 Å². The van der Waals surface area contributed by atoms with Crippen LogP contribution in [0.4, 0.5) is 5.82 Å². The molecule has 0 radical (unpaired) electrons. The van der Waals surface area contributed by atoms with Gasteiger partial charge in [-0.2, -0.15) is 5.10 Å². The molecule has 0 aliphatic heterocycles. The van der Waals surface area contributed by atoms with Gasteiger partial charge in [-0.3, -0.25) is 9.48 Å². The summed E-state index contributed by atoms with van der Waals surface area (Å²) in [6.07, 6.45) is 0. The number of amides is 1. The zero-order valence-corrected chi connectivity index (χ0v) is 8.96. The van der Waals surface area contributed by atoms with Gasteiger partial charge in [0.25, 0.3) is 5.91 Å². The molecule has 0 saturated carbocycles. The molecule has 1 aromatic heterocycles. The van der Waals surface area contributed by atoms with Gasteiger partial charge in [-0.25, -0.2) is 0 Å². The number of carbonyl (C=O) groups is 1. The number of hydrogen-bond donors (Lipinski definition) is 2. The van der Waals surface area contributed by atoms with Gasteiger partial charge in [0.05, 0.1) is 5.69 Å². The van der Waals surface area contributed by atoms with E-state index in [1.807, 2.05) is 20.8 Å². The topological polar surface area (TPSA) is 86.9 Å². The molecule has 78 valence electrons. The number of nitrogens with two attached hydrogens (primary N) is 2. The van der Waals surface area contributed by atoms with Gasteiger partial charge in [0, 0.05) is 12.5 Å². The van der Waals surface area contributed by atoms with Crippen molar-refractivity contribution in [2.24, 2.45) is 12.8 Å². The number of carbonyl (C=O) groups excluding carboxylic acids is 1. The van der Waals surface area contributed by atoms with E-state index in [4.69, 9.17) is 11.5 Å². The van der Waals surface area contributed by atoms with E-state index < -0.39 is 5.91 Å². The molecule has 14 heavy (non-hydrogen) atoms. The highest BCUT2D eigenvalue weighted by atomic mass is 16.1. The Morgan fingerprint density at radius 2 is 1.93 bits per heavy atom. The van der Waals surface area contributed by atoms with Gasteiger partial charge in [-0.1, -0.05) is 20.8 Å². The fraction of sp³-hybridized carbons (Fsp3) is 0.556. The summed E-state index contributed by atoms with van der Waals surface area (Å²) in [4.78, 5) is 11.2. The Morgan fingerprint density at radius 1 is 1.43 bits per heavy atom. The molecule has 1 amide bonds.